The molecular weight excluding hydrogens is 374 g/mol. The number of carbonyl (C=O) groups is 1. The Hall–Kier alpha value is -2.38. The molecule has 3 aromatic rings. The number of aromatic nitrogens is 2. The lowest BCUT2D eigenvalue weighted by Gasteiger charge is -2.33. The van der Waals surface area contributed by atoms with Gasteiger partial charge in [0.1, 0.15) is 11.7 Å². The van der Waals surface area contributed by atoms with Gasteiger partial charge in [-0.3, -0.25) is 14.0 Å². The number of benzene rings is 1. The van der Waals surface area contributed by atoms with Gasteiger partial charge in [0, 0.05) is 16.8 Å². The molecule has 1 aromatic carbocycles. The molecule has 134 valence electrons. The van der Waals surface area contributed by atoms with Crippen molar-refractivity contribution in [2.75, 3.05) is 11.4 Å². The number of nitrogens with zero attached hydrogens (tertiary/aromatic N) is 3. The fourth-order valence-corrected chi connectivity index (χ4v) is 4.22. The van der Waals surface area contributed by atoms with Gasteiger partial charge in [-0.1, -0.05) is 17.7 Å². The number of anilines is 1. The molecule has 1 atom stereocenters. The molecule has 4 rings (SSSR count). The largest absolute Gasteiger partial charge is 0.485 e. The summed E-state index contributed by atoms with van der Waals surface area (Å²) < 4.78 is 7.27. The molecule has 1 aliphatic heterocycles. The third-order valence-electron chi connectivity index (χ3n) is 4.49. The zero-order chi connectivity index (χ0) is 18.6. The van der Waals surface area contributed by atoms with Crippen LogP contribution >= 0.6 is 22.9 Å². The first-order chi connectivity index (χ1) is 12.4. The second-order valence-electron chi connectivity index (χ2n) is 6.27. The summed E-state index contributed by atoms with van der Waals surface area (Å²) in [6.07, 6.45) is 1.12. The van der Waals surface area contributed by atoms with Crippen molar-refractivity contribution in [2.24, 2.45) is 0 Å². The Labute approximate surface area is 158 Å². The van der Waals surface area contributed by atoms with Gasteiger partial charge < -0.3 is 9.64 Å². The van der Waals surface area contributed by atoms with Gasteiger partial charge in [0.05, 0.1) is 17.3 Å². The van der Waals surface area contributed by atoms with Crippen LogP contribution in [0.1, 0.15) is 27.9 Å². The SMILES string of the molecule is Cc1sc2ncc(C(=O)N3CC(C)Oc4c(Cl)cccc43)c(=O)n2c1C. The van der Waals surface area contributed by atoms with E-state index in [2.05, 4.69) is 4.98 Å². The van der Waals surface area contributed by atoms with Gasteiger partial charge >= 0.3 is 0 Å². The number of hydrogen-bond donors (Lipinski definition) is 0. The van der Waals surface area contributed by atoms with E-state index >= 15 is 0 Å². The summed E-state index contributed by atoms with van der Waals surface area (Å²) in [6, 6.07) is 5.22. The van der Waals surface area contributed by atoms with E-state index in [9.17, 15) is 9.59 Å². The van der Waals surface area contributed by atoms with Gasteiger partial charge in [0.2, 0.25) is 0 Å². The van der Waals surface area contributed by atoms with E-state index in [4.69, 9.17) is 16.3 Å². The van der Waals surface area contributed by atoms with Crippen molar-refractivity contribution in [3.63, 3.8) is 0 Å². The molecule has 0 fully saturated rings. The molecule has 6 nitrogen and oxygen atoms in total. The van der Waals surface area contributed by atoms with Crippen LogP contribution in [0.25, 0.3) is 4.96 Å². The lowest BCUT2D eigenvalue weighted by molar-refractivity contribution is 0.0959. The van der Waals surface area contributed by atoms with Gasteiger partial charge in [0.15, 0.2) is 10.7 Å². The molecule has 3 heterocycles. The number of aryl methyl sites for hydroxylation is 2. The van der Waals surface area contributed by atoms with Crippen molar-refractivity contribution in [3.8, 4) is 5.75 Å². The molecule has 26 heavy (non-hydrogen) atoms. The first kappa shape index (κ1) is 17.1. The van der Waals surface area contributed by atoms with Crippen LogP contribution in [0.4, 0.5) is 5.69 Å². The smallest absolute Gasteiger partial charge is 0.271 e. The second-order valence-corrected chi connectivity index (χ2v) is 7.86. The fraction of sp³-hybridized carbons (Fsp3) is 0.278. The summed E-state index contributed by atoms with van der Waals surface area (Å²) in [4.78, 5) is 33.5. The van der Waals surface area contributed by atoms with E-state index in [-0.39, 0.29) is 17.2 Å². The van der Waals surface area contributed by atoms with Crippen LogP contribution in [-0.2, 0) is 0 Å². The van der Waals surface area contributed by atoms with Gasteiger partial charge in [-0.05, 0) is 32.9 Å². The van der Waals surface area contributed by atoms with Crippen molar-refractivity contribution in [1.29, 1.82) is 0 Å². The molecule has 1 unspecified atom stereocenters. The van der Waals surface area contributed by atoms with Gasteiger partial charge in [-0.15, -0.1) is 11.3 Å². The standard InChI is InChI=1S/C18H16ClN3O3S/c1-9-8-21(14-6-4-5-13(19)15(14)25-9)16(23)12-7-20-18-22(17(12)24)10(2)11(3)26-18/h4-7,9H,8H2,1-3H3. The Morgan fingerprint density at radius 3 is 2.92 bits per heavy atom. The van der Waals surface area contributed by atoms with Crippen LogP contribution in [0.2, 0.25) is 5.02 Å². The highest BCUT2D eigenvalue weighted by molar-refractivity contribution is 7.17. The fourth-order valence-electron chi connectivity index (χ4n) is 3.08. The van der Waals surface area contributed by atoms with E-state index in [0.717, 1.165) is 10.6 Å². The normalized spacial score (nSPS) is 16.5. The quantitative estimate of drug-likeness (QED) is 0.639. The van der Waals surface area contributed by atoms with Crippen LogP contribution in [0.3, 0.4) is 0 Å². The summed E-state index contributed by atoms with van der Waals surface area (Å²) in [5, 5.41) is 0.432. The molecule has 0 saturated heterocycles. The van der Waals surface area contributed by atoms with Crippen LogP contribution < -0.4 is 15.2 Å². The molecule has 8 heteroatoms. The molecule has 0 bridgehead atoms. The summed E-state index contributed by atoms with van der Waals surface area (Å²) in [7, 11) is 0. The Morgan fingerprint density at radius 1 is 1.38 bits per heavy atom. The minimum atomic E-state index is -0.404. The molecule has 0 aliphatic carbocycles. The molecule has 1 amide bonds. The average molecular weight is 390 g/mol. The number of ether oxygens (including phenoxy) is 1. The Balaban J connectivity index is 1.86. The zero-order valence-electron chi connectivity index (χ0n) is 14.4. The van der Waals surface area contributed by atoms with Crippen LogP contribution in [-0.4, -0.2) is 27.9 Å². The maximum atomic E-state index is 13.2. The van der Waals surface area contributed by atoms with E-state index in [0.29, 0.717) is 28.0 Å². The maximum Gasteiger partial charge on any atom is 0.271 e. The number of carbonyl (C=O) groups excluding carboxylic acids is 1. The average Bonchev–Trinajstić information content (AvgIpc) is 2.90. The molecular formula is C18H16ClN3O3S. The second kappa shape index (κ2) is 6.10. The molecule has 0 N–H and O–H groups in total. The highest BCUT2D eigenvalue weighted by atomic mass is 35.5. The molecule has 0 spiro atoms. The Morgan fingerprint density at radius 2 is 2.15 bits per heavy atom. The number of halogens is 1. The van der Waals surface area contributed by atoms with Crippen molar-refractivity contribution < 1.29 is 9.53 Å². The Kier molecular flexibility index (Phi) is 4.00. The predicted molar refractivity (Wildman–Crippen MR) is 102 cm³/mol. The third kappa shape index (κ3) is 2.50. The van der Waals surface area contributed by atoms with Crippen molar-refractivity contribution in [3.05, 3.63) is 55.9 Å². The molecule has 0 saturated carbocycles. The third-order valence-corrected chi connectivity index (χ3v) is 5.86. The Bertz CT molecular complexity index is 1100. The number of fused-ring (bicyclic) bond motifs is 2. The van der Waals surface area contributed by atoms with Gasteiger partial charge in [0.25, 0.3) is 11.5 Å². The maximum absolute atomic E-state index is 13.2. The molecule has 2 aromatic heterocycles. The minimum Gasteiger partial charge on any atom is -0.485 e. The van der Waals surface area contributed by atoms with Crippen LogP contribution in [0.5, 0.6) is 5.75 Å². The van der Waals surface area contributed by atoms with Gasteiger partial charge in [-0.2, -0.15) is 0 Å². The number of para-hydroxylation sites is 1. The highest BCUT2D eigenvalue weighted by Gasteiger charge is 2.31. The van der Waals surface area contributed by atoms with E-state index in [1.54, 1.807) is 18.2 Å². The lowest BCUT2D eigenvalue weighted by Crippen LogP contribution is -2.44. The van der Waals surface area contributed by atoms with Crippen LogP contribution in [0, 0.1) is 13.8 Å². The van der Waals surface area contributed by atoms with E-state index in [1.165, 1.54) is 26.8 Å². The van der Waals surface area contributed by atoms with E-state index < -0.39 is 5.91 Å². The summed E-state index contributed by atoms with van der Waals surface area (Å²) in [5.41, 5.74) is 1.03. The predicted octanol–water partition coefficient (Wildman–Crippen LogP) is 3.45. The highest BCUT2D eigenvalue weighted by Crippen LogP contribution is 2.39. The number of amides is 1. The zero-order valence-corrected chi connectivity index (χ0v) is 16.0. The van der Waals surface area contributed by atoms with Crippen LogP contribution in [0.15, 0.2) is 29.2 Å². The topological polar surface area (TPSA) is 63.9 Å². The van der Waals surface area contributed by atoms with Crippen molar-refractivity contribution >= 4 is 39.5 Å². The first-order valence-electron chi connectivity index (χ1n) is 8.13. The number of hydrogen-bond acceptors (Lipinski definition) is 5. The van der Waals surface area contributed by atoms with Crippen molar-refractivity contribution in [2.45, 2.75) is 26.9 Å². The summed E-state index contributed by atoms with van der Waals surface area (Å²) in [5.74, 6) is 0.0526. The minimum absolute atomic E-state index is 0.0309. The number of rotatable bonds is 1. The lowest BCUT2D eigenvalue weighted by atomic mass is 10.1. The number of thiazole rings is 1. The van der Waals surface area contributed by atoms with E-state index in [1.807, 2.05) is 20.8 Å². The summed E-state index contributed by atoms with van der Waals surface area (Å²) in [6.45, 7) is 5.96. The first-order valence-corrected chi connectivity index (χ1v) is 9.32. The molecule has 0 radical (unpaired) electrons. The monoisotopic (exact) mass is 389 g/mol. The molecule has 1 aliphatic rings. The van der Waals surface area contributed by atoms with Gasteiger partial charge in [-0.25, -0.2) is 4.98 Å². The summed E-state index contributed by atoms with van der Waals surface area (Å²) >= 11 is 7.65. The van der Waals surface area contributed by atoms with Crippen molar-refractivity contribution in [1.82, 2.24) is 9.38 Å².